The van der Waals surface area contributed by atoms with Gasteiger partial charge < -0.3 is 23.8 Å². The number of furan rings is 1. The molecule has 134 valence electrons. The number of carbonyl (C=O) groups excluding carboxylic acids is 1. The zero-order valence-electron chi connectivity index (χ0n) is 15.4. The minimum atomic E-state index is -1.35. The number of para-hydroxylation sites is 1. The number of benzene rings is 1. The fourth-order valence-corrected chi connectivity index (χ4v) is 2.53. The van der Waals surface area contributed by atoms with Crippen molar-refractivity contribution in [2.45, 2.75) is 6.92 Å². The molecular formula is C18H16N3NaO5. The van der Waals surface area contributed by atoms with E-state index in [2.05, 4.69) is 10.2 Å². The third-order valence-corrected chi connectivity index (χ3v) is 3.64. The van der Waals surface area contributed by atoms with E-state index in [9.17, 15) is 9.90 Å². The second-order valence-corrected chi connectivity index (χ2v) is 5.29. The molecule has 2 aromatic heterocycles. The number of aliphatic carboxylic acids is 1. The number of methoxy groups -OCH3 is 2. The van der Waals surface area contributed by atoms with Crippen molar-refractivity contribution in [2.75, 3.05) is 14.2 Å². The average Bonchev–Trinajstić information content (AvgIpc) is 3.24. The second-order valence-electron chi connectivity index (χ2n) is 5.29. The standard InChI is InChI=1S/C18H17N3O5.Na/c1-11-7-8-14(26-11)18-20-19-15(9-10-16(22)23)21(18)17-12(24-2)5-4-6-13(17)25-3;/h4-10H,1-3H3,(H,22,23);/q;+1/p-1/b10-9+;. The van der Waals surface area contributed by atoms with Crippen LogP contribution in [0.2, 0.25) is 0 Å². The maximum atomic E-state index is 10.8. The van der Waals surface area contributed by atoms with Gasteiger partial charge in [0.25, 0.3) is 0 Å². The van der Waals surface area contributed by atoms with Gasteiger partial charge in [0.05, 0.1) is 20.2 Å². The fraction of sp³-hybridized carbons (Fsp3) is 0.167. The fourth-order valence-electron chi connectivity index (χ4n) is 2.53. The van der Waals surface area contributed by atoms with Gasteiger partial charge in [0.15, 0.2) is 11.6 Å². The van der Waals surface area contributed by atoms with Crippen molar-refractivity contribution in [3.05, 3.63) is 48.0 Å². The Bertz CT molecular complexity index is 955. The van der Waals surface area contributed by atoms with E-state index >= 15 is 0 Å². The van der Waals surface area contributed by atoms with Crippen molar-refractivity contribution in [1.29, 1.82) is 0 Å². The summed E-state index contributed by atoms with van der Waals surface area (Å²) in [5.74, 6) is 1.44. The van der Waals surface area contributed by atoms with Crippen molar-refractivity contribution in [2.24, 2.45) is 0 Å². The molecule has 0 radical (unpaired) electrons. The summed E-state index contributed by atoms with van der Waals surface area (Å²) in [6.07, 6.45) is 2.16. The first-order chi connectivity index (χ1) is 12.5. The quantitative estimate of drug-likeness (QED) is 0.385. The van der Waals surface area contributed by atoms with Gasteiger partial charge in [-0.3, -0.25) is 4.57 Å². The van der Waals surface area contributed by atoms with Crippen molar-refractivity contribution >= 4 is 12.0 Å². The monoisotopic (exact) mass is 377 g/mol. The summed E-state index contributed by atoms with van der Waals surface area (Å²) in [6, 6.07) is 8.83. The number of ether oxygens (including phenoxy) is 2. The topological polar surface area (TPSA) is 102 Å². The molecule has 9 heteroatoms. The third-order valence-electron chi connectivity index (χ3n) is 3.64. The zero-order chi connectivity index (χ0) is 18.7. The molecule has 2 heterocycles. The van der Waals surface area contributed by atoms with Gasteiger partial charge >= 0.3 is 29.6 Å². The van der Waals surface area contributed by atoms with E-state index in [-0.39, 0.29) is 35.4 Å². The van der Waals surface area contributed by atoms with Gasteiger partial charge in [0.2, 0.25) is 5.82 Å². The number of nitrogens with zero attached hydrogens (tertiary/aromatic N) is 3. The molecule has 1 aromatic carbocycles. The van der Waals surface area contributed by atoms with Crippen molar-refractivity contribution in [1.82, 2.24) is 14.8 Å². The molecule has 0 saturated heterocycles. The van der Waals surface area contributed by atoms with Gasteiger partial charge in [-0.15, -0.1) is 10.2 Å². The Morgan fingerprint density at radius 1 is 1.15 bits per heavy atom. The molecule has 8 nitrogen and oxygen atoms in total. The number of hydrogen-bond donors (Lipinski definition) is 0. The second kappa shape index (κ2) is 8.90. The predicted octanol–water partition coefficient (Wildman–Crippen LogP) is -1.38. The zero-order valence-corrected chi connectivity index (χ0v) is 17.4. The average molecular weight is 377 g/mol. The SMILES string of the molecule is COc1cccc(OC)c1-n1c(/C=C/C(=O)[O-])nnc1-c1ccc(C)o1.[Na+]. The summed E-state index contributed by atoms with van der Waals surface area (Å²) in [4.78, 5) is 10.8. The molecular weight excluding hydrogens is 361 g/mol. The minimum Gasteiger partial charge on any atom is -0.545 e. The summed E-state index contributed by atoms with van der Waals surface area (Å²) >= 11 is 0. The Hall–Kier alpha value is -2.55. The van der Waals surface area contributed by atoms with Gasteiger partial charge in [-0.25, -0.2) is 0 Å². The summed E-state index contributed by atoms with van der Waals surface area (Å²) in [7, 11) is 3.05. The Labute approximate surface area is 177 Å². The van der Waals surface area contributed by atoms with Crippen LogP contribution in [-0.2, 0) is 4.79 Å². The molecule has 0 aliphatic rings. The van der Waals surface area contributed by atoms with E-state index in [0.29, 0.717) is 34.5 Å². The van der Waals surface area contributed by atoms with E-state index in [1.807, 2.05) is 6.92 Å². The molecule has 0 unspecified atom stereocenters. The summed E-state index contributed by atoms with van der Waals surface area (Å²) in [6.45, 7) is 1.81. The van der Waals surface area contributed by atoms with Crippen molar-refractivity contribution < 1.29 is 53.3 Å². The minimum absolute atomic E-state index is 0. The van der Waals surface area contributed by atoms with Crippen LogP contribution < -0.4 is 44.1 Å². The molecule has 0 spiro atoms. The Morgan fingerprint density at radius 3 is 2.33 bits per heavy atom. The molecule has 0 bridgehead atoms. The predicted molar refractivity (Wildman–Crippen MR) is 90.9 cm³/mol. The molecule has 0 N–H and O–H groups in total. The van der Waals surface area contributed by atoms with E-state index in [1.54, 1.807) is 34.9 Å². The Kier molecular flexibility index (Phi) is 6.84. The van der Waals surface area contributed by atoms with Gasteiger partial charge in [-0.2, -0.15) is 0 Å². The van der Waals surface area contributed by atoms with Gasteiger partial charge in [-0.1, -0.05) is 6.07 Å². The van der Waals surface area contributed by atoms with E-state index in [0.717, 1.165) is 6.08 Å². The first kappa shape index (κ1) is 20.8. The van der Waals surface area contributed by atoms with Crippen LogP contribution in [0.15, 0.2) is 40.8 Å². The molecule has 3 rings (SSSR count). The first-order valence-electron chi connectivity index (χ1n) is 7.67. The molecule has 0 amide bonds. The first-order valence-corrected chi connectivity index (χ1v) is 7.67. The molecule has 0 saturated carbocycles. The van der Waals surface area contributed by atoms with Crippen LogP contribution in [-0.4, -0.2) is 35.0 Å². The molecule has 0 atom stereocenters. The van der Waals surface area contributed by atoms with E-state index in [4.69, 9.17) is 13.9 Å². The van der Waals surface area contributed by atoms with Crippen LogP contribution in [0.25, 0.3) is 23.3 Å². The molecule has 3 aromatic rings. The van der Waals surface area contributed by atoms with Crippen molar-refractivity contribution in [3.8, 4) is 28.8 Å². The number of carboxylic acid groups (broad SMARTS) is 1. The third kappa shape index (κ3) is 4.24. The van der Waals surface area contributed by atoms with Crippen LogP contribution in [0, 0.1) is 6.92 Å². The smallest absolute Gasteiger partial charge is 0.545 e. The number of aromatic nitrogens is 3. The Balaban J connectivity index is 0.00000261. The number of carboxylic acids is 1. The molecule has 0 aliphatic heterocycles. The molecule has 0 fully saturated rings. The maximum Gasteiger partial charge on any atom is 1.00 e. The van der Waals surface area contributed by atoms with Crippen LogP contribution in [0.1, 0.15) is 11.6 Å². The van der Waals surface area contributed by atoms with Gasteiger partial charge in [0.1, 0.15) is 22.9 Å². The van der Waals surface area contributed by atoms with Gasteiger partial charge in [-0.05, 0) is 43.3 Å². The van der Waals surface area contributed by atoms with Crippen LogP contribution in [0.3, 0.4) is 0 Å². The number of rotatable bonds is 6. The normalized spacial score (nSPS) is 10.6. The summed E-state index contributed by atoms with van der Waals surface area (Å²) in [5, 5.41) is 19.0. The number of carbonyl (C=O) groups is 1. The Morgan fingerprint density at radius 2 is 1.81 bits per heavy atom. The largest absolute Gasteiger partial charge is 1.00 e. The summed E-state index contributed by atoms with van der Waals surface area (Å²) < 4.78 is 18.2. The van der Waals surface area contributed by atoms with Crippen LogP contribution >= 0.6 is 0 Å². The maximum absolute atomic E-state index is 10.8. The van der Waals surface area contributed by atoms with E-state index < -0.39 is 5.97 Å². The van der Waals surface area contributed by atoms with E-state index in [1.165, 1.54) is 20.3 Å². The van der Waals surface area contributed by atoms with Crippen molar-refractivity contribution in [3.63, 3.8) is 0 Å². The van der Waals surface area contributed by atoms with Gasteiger partial charge in [0, 0.05) is 0 Å². The summed E-state index contributed by atoms with van der Waals surface area (Å²) in [5.41, 5.74) is 0.518. The van der Waals surface area contributed by atoms with Crippen LogP contribution in [0.4, 0.5) is 0 Å². The number of aryl methyl sites for hydroxylation is 1. The van der Waals surface area contributed by atoms with Crippen LogP contribution in [0.5, 0.6) is 11.5 Å². The number of hydrogen-bond acceptors (Lipinski definition) is 7. The molecule has 27 heavy (non-hydrogen) atoms. The molecule has 0 aliphatic carbocycles.